The van der Waals surface area contributed by atoms with E-state index in [0.29, 0.717) is 29.1 Å². The van der Waals surface area contributed by atoms with Gasteiger partial charge in [-0.15, -0.1) is 0 Å². The number of ether oxygens (including phenoxy) is 1. The van der Waals surface area contributed by atoms with Crippen molar-refractivity contribution in [1.82, 2.24) is 14.8 Å². The topological polar surface area (TPSA) is 79.9 Å². The highest BCUT2D eigenvalue weighted by Gasteiger charge is 2.17. The Morgan fingerprint density at radius 3 is 2.29 bits per heavy atom. The summed E-state index contributed by atoms with van der Waals surface area (Å²) in [7, 11) is 1.58. The maximum Gasteiger partial charge on any atom is 0.284 e. The van der Waals surface area contributed by atoms with Crippen molar-refractivity contribution in [2.75, 3.05) is 7.11 Å². The third-order valence-corrected chi connectivity index (χ3v) is 4.99. The molecule has 4 rings (SSSR count). The minimum Gasteiger partial charge on any atom is -0.497 e. The summed E-state index contributed by atoms with van der Waals surface area (Å²) in [5.41, 5.74) is 4.01. The van der Waals surface area contributed by atoms with E-state index in [-0.39, 0.29) is 16.4 Å². The first-order valence-corrected chi connectivity index (χ1v) is 9.04. The predicted molar refractivity (Wildman–Crippen MR) is 110 cm³/mol. The van der Waals surface area contributed by atoms with E-state index in [2.05, 4.69) is 10.1 Å². The van der Waals surface area contributed by atoms with Crippen LogP contribution in [0, 0.1) is 13.8 Å². The summed E-state index contributed by atoms with van der Waals surface area (Å²) in [5.74, 6) is 0.695. The molecular formula is C22H21N3O3. The average molecular weight is 375 g/mol. The summed E-state index contributed by atoms with van der Waals surface area (Å²) in [6.45, 7) is 3.88. The van der Waals surface area contributed by atoms with Crippen LogP contribution in [0.25, 0.3) is 16.7 Å². The van der Waals surface area contributed by atoms with Crippen LogP contribution in [0.15, 0.2) is 58.1 Å². The van der Waals surface area contributed by atoms with Crippen molar-refractivity contribution in [3.05, 3.63) is 91.5 Å². The molecule has 0 saturated heterocycles. The quantitative estimate of drug-likeness (QED) is 0.575. The Balaban J connectivity index is 1.84. The van der Waals surface area contributed by atoms with Crippen molar-refractivity contribution >= 4 is 11.0 Å². The molecule has 142 valence electrons. The number of rotatable bonds is 4. The lowest BCUT2D eigenvalue weighted by atomic mass is 10.0. The molecule has 4 aromatic rings. The van der Waals surface area contributed by atoms with Crippen LogP contribution >= 0.6 is 0 Å². The van der Waals surface area contributed by atoms with Gasteiger partial charge in [-0.2, -0.15) is 0 Å². The molecule has 0 aliphatic heterocycles. The van der Waals surface area contributed by atoms with Crippen molar-refractivity contribution in [3.8, 4) is 11.4 Å². The van der Waals surface area contributed by atoms with E-state index in [0.717, 1.165) is 16.8 Å². The van der Waals surface area contributed by atoms with Crippen LogP contribution in [-0.2, 0) is 6.42 Å². The molecular weight excluding hydrogens is 354 g/mol. The predicted octanol–water partition coefficient (Wildman–Crippen LogP) is 3.22. The number of hydrogen-bond donors (Lipinski definition) is 2. The Hall–Kier alpha value is -3.54. The normalized spacial score (nSPS) is 11.1. The number of H-pyrrole nitrogens is 2. The Labute approximate surface area is 161 Å². The van der Waals surface area contributed by atoms with E-state index in [1.54, 1.807) is 31.4 Å². The highest BCUT2D eigenvalue weighted by Crippen LogP contribution is 2.16. The lowest BCUT2D eigenvalue weighted by Gasteiger charge is -2.06. The van der Waals surface area contributed by atoms with Crippen LogP contribution in [0.5, 0.6) is 5.75 Å². The lowest BCUT2D eigenvalue weighted by molar-refractivity contribution is 0.414. The fraction of sp³-hybridized carbons (Fsp3) is 0.182. The summed E-state index contributed by atoms with van der Waals surface area (Å²) >= 11 is 0. The summed E-state index contributed by atoms with van der Waals surface area (Å²) in [4.78, 5) is 29.2. The smallest absolute Gasteiger partial charge is 0.284 e. The van der Waals surface area contributed by atoms with Gasteiger partial charge < -0.3 is 9.72 Å². The van der Waals surface area contributed by atoms with E-state index < -0.39 is 0 Å². The largest absolute Gasteiger partial charge is 0.497 e. The Morgan fingerprint density at radius 2 is 1.64 bits per heavy atom. The van der Waals surface area contributed by atoms with Gasteiger partial charge in [0.1, 0.15) is 16.8 Å². The molecule has 0 fully saturated rings. The molecule has 2 N–H and O–H groups in total. The van der Waals surface area contributed by atoms with E-state index in [1.807, 2.05) is 38.1 Å². The molecule has 0 spiro atoms. The van der Waals surface area contributed by atoms with E-state index in [4.69, 9.17) is 4.74 Å². The van der Waals surface area contributed by atoms with Gasteiger partial charge in [-0.25, -0.2) is 4.68 Å². The first kappa shape index (κ1) is 17.9. The molecule has 6 nitrogen and oxygen atoms in total. The van der Waals surface area contributed by atoms with Gasteiger partial charge in [-0.1, -0.05) is 29.8 Å². The molecule has 0 bridgehead atoms. The Morgan fingerprint density at radius 1 is 0.964 bits per heavy atom. The van der Waals surface area contributed by atoms with Crippen LogP contribution in [0.3, 0.4) is 0 Å². The molecule has 0 aliphatic rings. The molecule has 28 heavy (non-hydrogen) atoms. The van der Waals surface area contributed by atoms with E-state index >= 15 is 0 Å². The number of hydrogen-bond acceptors (Lipinski definition) is 3. The second-order valence-electron chi connectivity index (χ2n) is 6.92. The van der Waals surface area contributed by atoms with E-state index in [9.17, 15) is 9.59 Å². The summed E-state index contributed by atoms with van der Waals surface area (Å²) < 4.78 is 6.53. The second kappa shape index (κ2) is 6.88. The molecule has 2 aromatic heterocycles. The van der Waals surface area contributed by atoms with Crippen LogP contribution in [0.4, 0.5) is 0 Å². The summed E-state index contributed by atoms with van der Waals surface area (Å²) in [6, 6.07) is 15.1. The number of aromatic amines is 2. The van der Waals surface area contributed by atoms with Crippen molar-refractivity contribution in [3.63, 3.8) is 0 Å². The monoisotopic (exact) mass is 375 g/mol. The number of pyridine rings is 1. The maximum atomic E-state index is 13.1. The Kier molecular flexibility index (Phi) is 4.39. The van der Waals surface area contributed by atoms with Crippen LogP contribution in [-0.4, -0.2) is 21.9 Å². The van der Waals surface area contributed by atoms with Crippen molar-refractivity contribution in [1.29, 1.82) is 0 Å². The lowest BCUT2D eigenvalue weighted by Crippen LogP contribution is -2.21. The van der Waals surface area contributed by atoms with Gasteiger partial charge in [0.2, 0.25) is 0 Å². The number of nitrogens with one attached hydrogen (secondary N) is 2. The molecule has 0 unspecified atom stereocenters. The zero-order valence-electron chi connectivity index (χ0n) is 16.0. The SMILES string of the molecule is COc1ccc(-n2[nH]c3[nH]c(C)c(Cc4ccc(C)cc4)c(=O)c3c2=O)cc1. The van der Waals surface area contributed by atoms with Gasteiger partial charge in [-0.05, 0) is 43.7 Å². The molecule has 0 radical (unpaired) electrons. The first-order valence-electron chi connectivity index (χ1n) is 9.04. The molecule has 0 saturated carbocycles. The molecule has 0 atom stereocenters. The third kappa shape index (κ3) is 3.03. The Bertz CT molecular complexity index is 1260. The second-order valence-corrected chi connectivity index (χ2v) is 6.92. The summed E-state index contributed by atoms with van der Waals surface area (Å²) in [6.07, 6.45) is 0.477. The number of nitrogens with zero attached hydrogens (tertiary/aromatic N) is 1. The highest BCUT2D eigenvalue weighted by atomic mass is 16.5. The minimum atomic E-state index is -0.369. The van der Waals surface area contributed by atoms with Crippen molar-refractivity contribution in [2.45, 2.75) is 20.3 Å². The van der Waals surface area contributed by atoms with Gasteiger partial charge in [0.05, 0.1) is 12.8 Å². The first-order chi connectivity index (χ1) is 13.5. The molecule has 2 heterocycles. The zero-order chi connectivity index (χ0) is 19.8. The van der Waals surface area contributed by atoms with Crippen molar-refractivity contribution < 1.29 is 4.74 Å². The van der Waals surface area contributed by atoms with Crippen LogP contribution < -0.4 is 15.7 Å². The zero-order valence-corrected chi connectivity index (χ0v) is 16.0. The fourth-order valence-electron chi connectivity index (χ4n) is 3.36. The minimum absolute atomic E-state index is 0.142. The molecule has 0 amide bonds. The average Bonchev–Trinajstić information content (AvgIpc) is 3.03. The van der Waals surface area contributed by atoms with Gasteiger partial charge >= 0.3 is 0 Å². The fourth-order valence-corrected chi connectivity index (χ4v) is 3.36. The van der Waals surface area contributed by atoms with Crippen LogP contribution in [0.1, 0.15) is 22.4 Å². The molecule has 2 aromatic carbocycles. The molecule has 6 heteroatoms. The number of aromatic nitrogens is 3. The maximum absolute atomic E-state index is 13.1. The third-order valence-electron chi connectivity index (χ3n) is 4.99. The van der Waals surface area contributed by atoms with Gasteiger partial charge in [0, 0.05) is 17.7 Å². The van der Waals surface area contributed by atoms with E-state index in [1.165, 1.54) is 4.68 Å². The number of fused-ring (bicyclic) bond motifs is 1. The number of benzene rings is 2. The van der Waals surface area contributed by atoms with Crippen molar-refractivity contribution in [2.24, 2.45) is 0 Å². The number of methoxy groups -OCH3 is 1. The summed E-state index contributed by atoms with van der Waals surface area (Å²) in [5, 5.41) is 3.15. The van der Waals surface area contributed by atoms with Gasteiger partial charge in [0.25, 0.3) is 5.56 Å². The van der Waals surface area contributed by atoms with Gasteiger partial charge in [0.15, 0.2) is 5.43 Å². The standard InChI is InChI=1S/C22H21N3O3/c1-13-4-6-15(7-5-13)12-18-14(2)23-21-19(20(18)26)22(27)25(24-21)16-8-10-17(28-3)11-9-16/h4-11H,12H2,1-3H3,(H2,23,24,26). The van der Waals surface area contributed by atoms with Gasteiger partial charge in [-0.3, -0.25) is 14.7 Å². The number of aryl methyl sites for hydroxylation is 2. The van der Waals surface area contributed by atoms with Crippen LogP contribution in [0.2, 0.25) is 0 Å². The molecule has 0 aliphatic carbocycles. The highest BCUT2D eigenvalue weighted by molar-refractivity contribution is 5.75.